The second-order valence-corrected chi connectivity index (χ2v) is 8.38. The molecule has 0 unspecified atom stereocenters. The first kappa shape index (κ1) is 22.8. The van der Waals surface area contributed by atoms with E-state index in [4.69, 9.17) is 9.47 Å². The number of imide groups is 1. The molecule has 2 heterocycles. The Bertz CT molecular complexity index is 1100. The van der Waals surface area contributed by atoms with E-state index in [0.717, 1.165) is 28.1 Å². The molecular weight excluding hydrogens is 492 g/mol. The molecule has 0 aromatic heterocycles. The van der Waals surface area contributed by atoms with Gasteiger partial charge in [0.25, 0.3) is 5.91 Å². The van der Waals surface area contributed by atoms with Crippen LogP contribution in [0.1, 0.15) is 5.56 Å². The fourth-order valence-corrected chi connectivity index (χ4v) is 3.85. The third-order valence-electron chi connectivity index (χ3n) is 5.29. The summed E-state index contributed by atoms with van der Waals surface area (Å²) < 4.78 is 11.8. The molecule has 0 radical (unpaired) electrons. The highest BCUT2D eigenvalue weighted by Gasteiger charge is 2.35. The third-order valence-corrected chi connectivity index (χ3v) is 5.81. The van der Waals surface area contributed by atoms with Crippen LogP contribution in [0.5, 0.6) is 5.75 Å². The predicted molar refractivity (Wildman–Crippen MR) is 127 cm³/mol. The van der Waals surface area contributed by atoms with Crippen LogP contribution < -0.4 is 20.3 Å². The van der Waals surface area contributed by atoms with Crippen LogP contribution in [0.4, 0.5) is 16.2 Å². The van der Waals surface area contributed by atoms with Gasteiger partial charge in [0.2, 0.25) is 5.91 Å². The molecular formula is C23H23BrN4O5. The molecule has 2 aliphatic rings. The number of nitrogens with one attached hydrogen (secondary N) is 2. The highest BCUT2D eigenvalue weighted by molar-refractivity contribution is 9.10. The second-order valence-electron chi connectivity index (χ2n) is 7.46. The van der Waals surface area contributed by atoms with Gasteiger partial charge in [0.05, 0.1) is 20.3 Å². The van der Waals surface area contributed by atoms with Gasteiger partial charge in [-0.2, -0.15) is 0 Å². The molecule has 10 heteroatoms. The Morgan fingerprint density at radius 2 is 1.91 bits per heavy atom. The zero-order valence-electron chi connectivity index (χ0n) is 18.0. The summed E-state index contributed by atoms with van der Waals surface area (Å²) in [5.74, 6) is -0.486. The molecule has 2 saturated heterocycles. The van der Waals surface area contributed by atoms with Crippen molar-refractivity contribution in [3.05, 3.63) is 58.2 Å². The smallest absolute Gasteiger partial charge is 0.329 e. The van der Waals surface area contributed by atoms with E-state index in [2.05, 4.69) is 31.5 Å². The molecule has 0 aliphatic carbocycles. The van der Waals surface area contributed by atoms with Gasteiger partial charge in [-0.15, -0.1) is 0 Å². The highest BCUT2D eigenvalue weighted by atomic mass is 79.9. The number of urea groups is 1. The number of nitrogens with zero attached hydrogens (tertiary/aromatic N) is 2. The zero-order valence-corrected chi connectivity index (χ0v) is 19.6. The molecule has 0 bridgehead atoms. The summed E-state index contributed by atoms with van der Waals surface area (Å²) >= 11 is 3.33. The van der Waals surface area contributed by atoms with E-state index >= 15 is 0 Å². The van der Waals surface area contributed by atoms with Crippen molar-refractivity contribution >= 4 is 51.2 Å². The molecule has 0 atom stereocenters. The Morgan fingerprint density at radius 3 is 2.61 bits per heavy atom. The molecule has 33 heavy (non-hydrogen) atoms. The summed E-state index contributed by atoms with van der Waals surface area (Å²) in [5.41, 5.74) is 2.27. The number of hydrogen-bond acceptors (Lipinski definition) is 6. The molecule has 2 aliphatic heterocycles. The van der Waals surface area contributed by atoms with Crippen LogP contribution in [0.15, 0.2) is 52.6 Å². The number of methoxy groups -OCH3 is 1. The topological polar surface area (TPSA) is 100 Å². The van der Waals surface area contributed by atoms with Crippen LogP contribution in [0.2, 0.25) is 0 Å². The van der Waals surface area contributed by atoms with Crippen LogP contribution >= 0.6 is 15.9 Å². The molecule has 0 spiro atoms. The lowest BCUT2D eigenvalue weighted by Gasteiger charge is -2.29. The molecule has 4 amide bonds. The number of morpholine rings is 1. The Labute approximate surface area is 199 Å². The first-order valence-electron chi connectivity index (χ1n) is 10.4. The fraction of sp³-hybridized carbons (Fsp3) is 0.261. The van der Waals surface area contributed by atoms with Crippen molar-refractivity contribution < 1.29 is 23.9 Å². The minimum Gasteiger partial charge on any atom is -0.496 e. The first-order chi connectivity index (χ1) is 15.9. The average Bonchev–Trinajstić information content (AvgIpc) is 3.08. The van der Waals surface area contributed by atoms with E-state index in [-0.39, 0.29) is 5.70 Å². The van der Waals surface area contributed by atoms with Crippen molar-refractivity contribution in [2.24, 2.45) is 0 Å². The van der Waals surface area contributed by atoms with Gasteiger partial charge in [0, 0.05) is 40.6 Å². The van der Waals surface area contributed by atoms with Gasteiger partial charge in [-0.05, 0) is 42.5 Å². The Hall–Kier alpha value is -3.37. The van der Waals surface area contributed by atoms with Gasteiger partial charge in [-0.25, -0.2) is 9.69 Å². The summed E-state index contributed by atoms with van der Waals surface area (Å²) in [6.45, 7) is 2.51. The van der Waals surface area contributed by atoms with Crippen molar-refractivity contribution in [3.8, 4) is 5.75 Å². The SMILES string of the molecule is COc1cc(N2CCOCC2)ccc1/C=C1\NC(=O)N(CC(=O)Nc2ccc(Br)cc2)C1=O. The van der Waals surface area contributed by atoms with Gasteiger partial charge in [0.15, 0.2) is 0 Å². The number of halogens is 1. The zero-order chi connectivity index (χ0) is 23.4. The van der Waals surface area contributed by atoms with Crippen LogP contribution in [0.25, 0.3) is 6.08 Å². The number of benzene rings is 2. The van der Waals surface area contributed by atoms with Gasteiger partial charge >= 0.3 is 6.03 Å². The fourth-order valence-electron chi connectivity index (χ4n) is 3.59. The molecule has 4 rings (SSSR count). The maximum absolute atomic E-state index is 12.8. The number of anilines is 2. The van der Waals surface area contributed by atoms with Gasteiger partial charge in [-0.1, -0.05) is 15.9 Å². The van der Waals surface area contributed by atoms with Gasteiger partial charge in [0.1, 0.15) is 18.0 Å². The minimum absolute atomic E-state index is 0.0777. The van der Waals surface area contributed by atoms with Crippen molar-refractivity contribution in [2.45, 2.75) is 0 Å². The number of carbonyl (C=O) groups excluding carboxylic acids is 3. The predicted octanol–water partition coefficient (Wildman–Crippen LogP) is 2.83. The van der Waals surface area contributed by atoms with E-state index in [0.29, 0.717) is 30.2 Å². The third kappa shape index (κ3) is 5.35. The second kappa shape index (κ2) is 10.1. The quantitative estimate of drug-likeness (QED) is 0.454. The van der Waals surface area contributed by atoms with Crippen molar-refractivity contribution in [3.63, 3.8) is 0 Å². The Balaban J connectivity index is 1.46. The summed E-state index contributed by atoms with van der Waals surface area (Å²) in [7, 11) is 1.55. The monoisotopic (exact) mass is 514 g/mol. The lowest BCUT2D eigenvalue weighted by atomic mass is 10.1. The van der Waals surface area contributed by atoms with Crippen LogP contribution in [0, 0.1) is 0 Å². The maximum atomic E-state index is 12.8. The van der Waals surface area contributed by atoms with Crippen LogP contribution in [0.3, 0.4) is 0 Å². The van der Waals surface area contributed by atoms with Crippen molar-refractivity contribution in [1.29, 1.82) is 0 Å². The van der Waals surface area contributed by atoms with E-state index in [9.17, 15) is 14.4 Å². The molecule has 0 saturated carbocycles. The lowest BCUT2D eigenvalue weighted by molar-refractivity contribution is -0.127. The van der Waals surface area contributed by atoms with E-state index in [1.807, 2.05) is 18.2 Å². The summed E-state index contributed by atoms with van der Waals surface area (Å²) in [5, 5.41) is 5.21. The number of hydrogen-bond donors (Lipinski definition) is 2. The number of carbonyl (C=O) groups is 3. The van der Waals surface area contributed by atoms with E-state index in [1.54, 1.807) is 37.5 Å². The van der Waals surface area contributed by atoms with Crippen LogP contribution in [-0.4, -0.2) is 62.7 Å². The normalized spacial score (nSPS) is 17.3. The van der Waals surface area contributed by atoms with Crippen molar-refractivity contribution in [1.82, 2.24) is 10.2 Å². The Morgan fingerprint density at radius 1 is 1.18 bits per heavy atom. The number of rotatable bonds is 6. The average molecular weight is 515 g/mol. The van der Waals surface area contributed by atoms with Gasteiger partial charge in [-0.3, -0.25) is 9.59 Å². The molecule has 2 fully saturated rings. The summed E-state index contributed by atoms with van der Waals surface area (Å²) in [6, 6.07) is 12.0. The Kier molecular flexibility index (Phi) is 6.95. The van der Waals surface area contributed by atoms with Crippen LogP contribution in [-0.2, 0) is 14.3 Å². The molecule has 9 nitrogen and oxygen atoms in total. The standard InChI is InChI=1S/C23H23BrN4O5/c1-32-20-13-18(27-8-10-33-11-9-27)7-2-15(20)12-19-22(30)28(23(31)26-19)14-21(29)25-17-5-3-16(24)4-6-17/h2-7,12-13H,8-11,14H2,1H3,(H,25,29)(H,26,31)/b19-12-. The van der Waals surface area contributed by atoms with E-state index < -0.39 is 24.4 Å². The first-order valence-corrected chi connectivity index (χ1v) is 11.1. The number of amides is 4. The van der Waals surface area contributed by atoms with E-state index in [1.165, 1.54) is 0 Å². The van der Waals surface area contributed by atoms with Crippen molar-refractivity contribution in [2.75, 3.05) is 50.2 Å². The molecule has 2 aromatic rings. The molecule has 2 aromatic carbocycles. The highest BCUT2D eigenvalue weighted by Crippen LogP contribution is 2.28. The largest absolute Gasteiger partial charge is 0.496 e. The summed E-state index contributed by atoms with van der Waals surface area (Å²) in [6.07, 6.45) is 1.55. The maximum Gasteiger partial charge on any atom is 0.329 e. The minimum atomic E-state index is -0.652. The number of ether oxygens (including phenoxy) is 2. The molecule has 172 valence electrons. The molecule has 2 N–H and O–H groups in total. The summed E-state index contributed by atoms with van der Waals surface area (Å²) in [4.78, 5) is 40.6. The lowest BCUT2D eigenvalue weighted by Crippen LogP contribution is -2.38. The van der Waals surface area contributed by atoms with Gasteiger partial charge < -0.3 is 25.0 Å².